The fraction of sp³-hybridized carbons (Fsp3) is 0.438. The van der Waals surface area contributed by atoms with Crippen molar-refractivity contribution >= 4 is 34.9 Å². The number of ketones is 1. The van der Waals surface area contributed by atoms with Crippen LogP contribution in [0.2, 0.25) is 5.02 Å². The Morgan fingerprint density at radius 1 is 1.31 bits per heavy atom. The topological polar surface area (TPSA) is 116 Å². The van der Waals surface area contributed by atoms with Crippen LogP contribution in [0.4, 0.5) is 5.69 Å². The third-order valence-electron chi connectivity index (χ3n) is 3.75. The van der Waals surface area contributed by atoms with Gasteiger partial charge >= 0.3 is 5.97 Å². The van der Waals surface area contributed by atoms with Gasteiger partial charge in [0.1, 0.15) is 0 Å². The summed E-state index contributed by atoms with van der Waals surface area (Å²) in [6.07, 6.45) is 0.650. The molecule has 0 radical (unpaired) electrons. The van der Waals surface area contributed by atoms with E-state index in [2.05, 4.69) is 4.84 Å². The number of esters is 1. The summed E-state index contributed by atoms with van der Waals surface area (Å²) in [7, 11) is 0. The standard InChI is InChI=1S/C16H17ClN2O7/c17-11-4-3-5-12(10-11)18-7-6-13(20)14(15(18)21)16(22)25-8-1-2-9-26-19(23)24/h3-5,10,14H,1-2,6-9H2. The Bertz CT molecular complexity index is 710. The van der Waals surface area contributed by atoms with Crippen LogP contribution in [-0.2, 0) is 24.0 Å². The zero-order valence-corrected chi connectivity index (χ0v) is 14.5. The lowest BCUT2D eigenvalue weighted by Crippen LogP contribution is -2.49. The molecule has 1 unspecified atom stereocenters. The zero-order valence-electron chi connectivity index (χ0n) is 13.8. The monoisotopic (exact) mass is 384 g/mol. The number of hydrogen-bond donors (Lipinski definition) is 0. The average Bonchev–Trinajstić information content (AvgIpc) is 2.58. The van der Waals surface area contributed by atoms with Gasteiger partial charge in [0.05, 0.1) is 13.2 Å². The van der Waals surface area contributed by atoms with Crippen LogP contribution in [0, 0.1) is 16.0 Å². The summed E-state index contributed by atoms with van der Waals surface area (Å²) in [6, 6.07) is 6.56. The molecule has 0 N–H and O–H groups in total. The normalized spacial score (nSPS) is 17.1. The van der Waals surface area contributed by atoms with Crippen molar-refractivity contribution in [1.82, 2.24) is 0 Å². The molecule has 0 bridgehead atoms. The van der Waals surface area contributed by atoms with E-state index < -0.39 is 28.7 Å². The number of hydrogen-bond acceptors (Lipinski definition) is 7. The molecule has 1 atom stereocenters. The maximum absolute atomic E-state index is 12.6. The fourth-order valence-electron chi connectivity index (χ4n) is 2.50. The number of amides is 1. The molecule has 9 nitrogen and oxygen atoms in total. The lowest BCUT2D eigenvalue weighted by atomic mass is 9.95. The molecule has 1 aromatic carbocycles. The fourth-order valence-corrected chi connectivity index (χ4v) is 2.69. The maximum atomic E-state index is 12.6. The number of carbonyl (C=O) groups excluding carboxylic acids is 3. The summed E-state index contributed by atoms with van der Waals surface area (Å²) in [5, 5.41) is 9.52. The van der Waals surface area contributed by atoms with Gasteiger partial charge in [0.15, 0.2) is 11.7 Å². The molecular formula is C16H17ClN2O7. The second kappa shape index (κ2) is 9.14. The van der Waals surface area contributed by atoms with Crippen LogP contribution in [0.5, 0.6) is 0 Å². The van der Waals surface area contributed by atoms with Gasteiger partial charge < -0.3 is 14.5 Å². The van der Waals surface area contributed by atoms with Crippen LogP contribution < -0.4 is 4.90 Å². The van der Waals surface area contributed by atoms with Crippen molar-refractivity contribution in [2.24, 2.45) is 5.92 Å². The highest BCUT2D eigenvalue weighted by Crippen LogP contribution is 2.25. The van der Waals surface area contributed by atoms with E-state index in [-0.39, 0.29) is 26.2 Å². The van der Waals surface area contributed by atoms with E-state index in [1.54, 1.807) is 24.3 Å². The van der Waals surface area contributed by atoms with Crippen molar-refractivity contribution in [3.05, 3.63) is 39.4 Å². The Morgan fingerprint density at radius 2 is 2.04 bits per heavy atom. The minimum absolute atomic E-state index is 0.0364. The van der Waals surface area contributed by atoms with Crippen LogP contribution in [0.3, 0.4) is 0 Å². The molecule has 1 amide bonds. The summed E-state index contributed by atoms with van der Waals surface area (Å²) in [5.74, 6) is -3.56. The number of nitrogens with zero attached hydrogens (tertiary/aromatic N) is 2. The van der Waals surface area contributed by atoms with Crippen molar-refractivity contribution < 1.29 is 29.0 Å². The molecule has 0 saturated carbocycles. The van der Waals surface area contributed by atoms with E-state index in [1.807, 2.05) is 0 Å². The summed E-state index contributed by atoms with van der Waals surface area (Å²) >= 11 is 5.92. The Hall–Kier alpha value is -2.68. The number of carbonyl (C=O) groups is 3. The van der Waals surface area contributed by atoms with E-state index in [0.29, 0.717) is 23.6 Å². The molecule has 1 aliphatic heterocycles. The van der Waals surface area contributed by atoms with Crippen LogP contribution in [0.15, 0.2) is 24.3 Å². The van der Waals surface area contributed by atoms with Gasteiger partial charge in [-0.05, 0) is 31.0 Å². The van der Waals surface area contributed by atoms with Crippen molar-refractivity contribution in [3.63, 3.8) is 0 Å². The number of anilines is 1. The van der Waals surface area contributed by atoms with E-state index in [1.165, 1.54) is 4.90 Å². The predicted octanol–water partition coefficient (Wildman–Crippen LogP) is 1.79. The van der Waals surface area contributed by atoms with Gasteiger partial charge in [-0.2, -0.15) is 0 Å². The molecule has 1 saturated heterocycles. The van der Waals surface area contributed by atoms with Gasteiger partial charge in [-0.3, -0.25) is 14.4 Å². The summed E-state index contributed by atoms with van der Waals surface area (Å²) in [4.78, 5) is 52.2. The number of unbranched alkanes of at least 4 members (excludes halogenated alkanes) is 1. The van der Waals surface area contributed by atoms with E-state index in [0.717, 1.165) is 0 Å². The third kappa shape index (κ3) is 5.16. The second-order valence-corrected chi connectivity index (χ2v) is 5.99. The first-order valence-corrected chi connectivity index (χ1v) is 8.31. The van der Waals surface area contributed by atoms with Gasteiger partial charge in [-0.1, -0.05) is 17.7 Å². The lowest BCUT2D eigenvalue weighted by molar-refractivity contribution is -0.757. The smallest absolute Gasteiger partial charge is 0.326 e. The maximum Gasteiger partial charge on any atom is 0.326 e. The third-order valence-corrected chi connectivity index (χ3v) is 3.99. The Labute approximate surface area is 153 Å². The van der Waals surface area contributed by atoms with E-state index >= 15 is 0 Å². The lowest BCUT2D eigenvalue weighted by Gasteiger charge is -2.30. The van der Waals surface area contributed by atoms with Crippen molar-refractivity contribution in [1.29, 1.82) is 0 Å². The molecule has 10 heteroatoms. The Kier molecular flexibility index (Phi) is 6.90. The minimum atomic E-state index is -1.50. The highest BCUT2D eigenvalue weighted by Gasteiger charge is 2.42. The summed E-state index contributed by atoms with van der Waals surface area (Å²) < 4.78 is 4.98. The highest BCUT2D eigenvalue weighted by atomic mass is 35.5. The molecule has 1 fully saturated rings. The Morgan fingerprint density at radius 3 is 2.73 bits per heavy atom. The number of ether oxygens (including phenoxy) is 1. The molecular weight excluding hydrogens is 368 g/mol. The molecule has 1 aliphatic rings. The SMILES string of the molecule is O=C1CCN(c2cccc(Cl)c2)C(=O)C1C(=O)OCCCCO[N+](=O)[O-]. The number of piperidine rings is 1. The summed E-state index contributed by atoms with van der Waals surface area (Å²) in [6.45, 7) is -0.0114. The quantitative estimate of drug-likeness (QED) is 0.220. The van der Waals surface area contributed by atoms with E-state index in [4.69, 9.17) is 16.3 Å². The van der Waals surface area contributed by atoms with Gasteiger partial charge in [0.2, 0.25) is 5.91 Å². The number of Topliss-reactive ketones (excluding diaryl/α,β-unsaturated/α-hetero) is 1. The molecule has 0 aliphatic carbocycles. The van der Waals surface area contributed by atoms with Gasteiger partial charge in [-0.15, -0.1) is 10.1 Å². The van der Waals surface area contributed by atoms with Crippen molar-refractivity contribution in [2.45, 2.75) is 19.3 Å². The molecule has 1 heterocycles. The first-order chi connectivity index (χ1) is 12.4. The Balaban J connectivity index is 1.92. The largest absolute Gasteiger partial charge is 0.465 e. The van der Waals surface area contributed by atoms with Crippen molar-refractivity contribution in [3.8, 4) is 0 Å². The molecule has 0 spiro atoms. The number of rotatable bonds is 8. The number of benzene rings is 1. The van der Waals surface area contributed by atoms with E-state index in [9.17, 15) is 24.5 Å². The predicted molar refractivity (Wildman–Crippen MR) is 90.1 cm³/mol. The summed E-state index contributed by atoms with van der Waals surface area (Å²) in [5.41, 5.74) is 0.504. The number of halogens is 1. The van der Waals surface area contributed by atoms with Gasteiger partial charge in [-0.25, -0.2) is 0 Å². The van der Waals surface area contributed by atoms with Gasteiger partial charge in [0, 0.05) is 23.7 Å². The minimum Gasteiger partial charge on any atom is -0.465 e. The second-order valence-electron chi connectivity index (χ2n) is 5.55. The molecule has 140 valence electrons. The molecule has 0 aromatic heterocycles. The zero-order chi connectivity index (χ0) is 19.1. The van der Waals surface area contributed by atoms with Crippen LogP contribution in [0.25, 0.3) is 0 Å². The van der Waals surface area contributed by atoms with Gasteiger partial charge in [0.25, 0.3) is 5.09 Å². The van der Waals surface area contributed by atoms with Crippen molar-refractivity contribution in [2.75, 3.05) is 24.7 Å². The molecule has 26 heavy (non-hydrogen) atoms. The molecule has 1 aromatic rings. The first-order valence-electron chi connectivity index (χ1n) is 7.93. The average molecular weight is 385 g/mol. The highest BCUT2D eigenvalue weighted by molar-refractivity contribution is 6.31. The first kappa shape index (κ1) is 19.6. The van der Waals surface area contributed by atoms with Crippen LogP contribution in [-0.4, -0.2) is 42.5 Å². The molecule has 2 rings (SSSR count). The van der Waals surface area contributed by atoms with Crippen LogP contribution in [0.1, 0.15) is 19.3 Å². The van der Waals surface area contributed by atoms with Crippen LogP contribution >= 0.6 is 11.6 Å².